The average molecular weight is 434 g/mol. The van der Waals surface area contributed by atoms with Crippen LogP contribution in [0.3, 0.4) is 0 Å². The van der Waals surface area contributed by atoms with Gasteiger partial charge in [-0.05, 0) is 42.0 Å². The Bertz CT molecular complexity index is 1230. The van der Waals surface area contributed by atoms with Crippen molar-refractivity contribution >= 4 is 22.9 Å². The SMILES string of the molecule is O=c1[nH]c(-c2ccc(Cl)cc2)nc2c1CN(Cc1ccc(-c3ccccc3)s1)CC2. The van der Waals surface area contributed by atoms with E-state index in [4.69, 9.17) is 16.6 Å². The van der Waals surface area contributed by atoms with E-state index >= 15 is 0 Å². The first-order valence-electron chi connectivity index (χ1n) is 9.90. The fraction of sp³-hybridized carbons (Fsp3) is 0.167. The van der Waals surface area contributed by atoms with Crippen molar-refractivity contribution in [1.29, 1.82) is 0 Å². The zero-order chi connectivity index (χ0) is 20.5. The van der Waals surface area contributed by atoms with Crippen molar-refractivity contribution in [2.75, 3.05) is 6.54 Å². The molecule has 6 heteroatoms. The fourth-order valence-corrected chi connectivity index (χ4v) is 4.98. The molecule has 3 heterocycles. The van der Waals surface area contributed by atoms with Crippen LogP contribution in [0.2, 0.25) is 5.02 Å². The molecular weight excluding hydrogens is 414 g/mol. The van der Waals surface area contributed by atoms with Crippen molar-refractivity contribution < 1.29 is 0 Å². The first kappa shape index (κ1) is 19.2. The van der Waals surface area contributed by atoms with Crippen LogP contribution < -0.4 is 5.56 Å². The second-order valence-corrected chi connectivity index (χ2v) is 9.04. The molecule has 4 aromatic rings. The fourth-order valence-electron chi connectivity index (χ4n) is 3.80. The summed E-state index contributed by atoms with van der Waals surface area (Å²) in [5.74, 6) is 0.606. The molecule has 0 aliphatic carbocycles. The Hall–Kier alpha value is -2.73. The van der Waals surface area contributed by atoms with Crippen molar-refractivity contribution in [3.05, 3.63) is 98.2 Å². The standard InChI is InChI=1S/C24H20ClN3OS/c25-18-8-6-17(7-9-18)23-26-21-12-13-28(15-20(21)24(29)27-23)14-19-10-11-22(30-19)16-4-2-1-3-5-16/h1-11H,12-15H2,(H,26,27,29). The number of nitrogens with one attached hydrogen (secondary N) is 1. The van der Waals surface area contributed by atoms with Gasteiger partial charge in [-0.3, -0.25) is 9.69 Å². The first-order valence-corrected chi connectivity index (χ1v) is 11.1. The maximum atomic E-state index is 12.8. The number of thiophene rings is 1. The van der Waals surface area contributed by atoms with Crippen molar-refractivity contribution in [3.8, 4) is 21.8 Å². The van der Waals surface area contributed by atoms with Crippen molar-refractivity contribution in [2.45, 2.75) is 19.5 Å². The van der Waals surface area contributed by atoms with Gasteiger partial charge in [-0.25, -0.2) is 4.98 Å². The van der Waals surface area contributed by atoms with Gasteiger partial charge in [0.05, 0.1) is 11.3 Å². The lowest BCUT2D eigenvalue weighted by atomic mass is 10.1. The molecule has 2 aromatic heterocycles. The Balaban J connectivity index is 1.34. The number of H-pyrrole nitrogens is 1. The molecule has 30 heavy (non-hydrogen) atoms. The highest BCUT2D eigenvalue weighted by Crippen LogP contribution is 2.29. The van der Waals surface area contributed by atoms with E-state index in [1.54, 1.807) is 0 Å². The van der Waals surface area contributed by atoms with Gasteiger partial charge in [0.1, 0.15) is 5.82 Å². The normalized spacial score (nSPS) is 13.9. The zero-order valence-electron chi connectivity index (χ0n) is 16.3. The van der Waals surface area contributed by atoms with E-state index in [2.05, 4.69) is 46.3 Å². The molecule has 0 unspecified atom stereocenters. The molecule has 1 N–H and O–H groups in total. The van der Waals surface area contributed by atoms with Crippen LogP contribution in [0.15, 0.2) is 71.5 Å². The van der Waals surface area contributed by atoms with Gasteiger partial charge in [-0.15, -0.1) is 11.3 Å². The van der Waals surface area contributed by atoms with Crippen LogP contribution >= 0.6 is 22.9 Å². The molecule has 0 spiro atoms. The molecule has 0 radical (unpaired) electrons. The van der Waals surface area contributed by atoms with Crippen LogP contribution in [0.25, 0.3) is 21.8 Å². The van der Waals surface area contributed by atoms with Crippen LogP contribution in [0, 0.1) is 0 Å². The number of hydrogen-bond acceptors (Lipinski definition) is 4. The maximum absolute atomic E-state index is 12.8. The van der Waals surface area contributed by atoms with Crippen LogP contribution in [0.1, 0.15) is 16.1 Å². The lowest BCUT2D eigenvalue weighted by Gasteiger charge is -2.27. The number of fused-ring (bicyclic) bond motifs is 1. The predicted octanol–water partition coefficient (Wildman–Crippen LogP) is 5.38. The molecular formula is C24H20ClN3OS. The number of hydrogen-bond donors (Lipinski definition) is 1. The highest BCUT2D eigenvalue weighted by Gasteiger charge is 2.22. The van der Waals surface area contributed by atoms with E-state index in [0.717, 1.165) is 36.3 Å². The molecule has 2 aromatic carbocycles. The largest absolute Gasteiger partial charge is 0.306 e. The average Bonchev–Trinajstić information content (AvgIpc) is 3.24. The number of halogens is 1. The molecule has 0 saturated heterocycles. The Morgan fingerprint density at radius 3 is 2.60 bits per heavy atom. The quantitative estimate of drug-likeness (QED) is 0.470. The van der Waals surface area contributed by atoms with Gasteiger partial charge >= 0.3 is 0 Å². The molecule has 0 saturated carbocycles. The topological polar surface area (TPSA) is 49.0 Å². The van der Waals surface area contributed by atoms with Crippen LogP contribution in [0.4, 0.5) is 0 Å². The van der Waals surface area contributed by atoms with E-state index in [0.29, 0.717) is 17.4 Å². The van der Waals surface area contributed by atoms with Crippen molar-refractivity contribution in [1.82, 2.24) is 14.9 Å². The lowest BCUT2D eigenvalue weighted by Crippen LogP contribution is -2.35. The third-order valence-electron chi connectivity index (χ3n) is 5.36. The summed E-state index contributed by atoms with van der Waals surface area (Å²) < 4.78 is 0. The molecule has 1 aliphatic rings. The third-order valence-corrected chi connectivity index (χ3v) is 6.74. The van der Waals surface area contributed by atoms with E-state index in [1.807, 2.05) is 41.7 Å². The Labute approximate surface area is 183 Å². The number of rotatable bonds is 4. The van der Waals surface area contributed by atoms with Crippen LogP contribution in [-0.2, 0) is 19.5 Å². The summed E-state index contributed by atoms with van der Waals surface area (Å²) in [6, 6.07) is 22.2. The first-order chi connectivity index (χ1) is 14.7. The van der Waals surface area contributed by atoms with Gasteiger partial charge in [-0.2, -0.15) is 0 Å². The van der Waals surface area contributed by atoms with Gasteiger partial charge in [-0.1, -0.05) is 41.9 Å². The Morgan fingerprint density at radius 2 is 1.80 bits per heavy atom. The minimum absolute atomic E-state index is 0.0502. The number of nitrogens with zero attached hydrogens (tertiary/aromatic N) is 2. The minimum Gasteiger partial charge on any atom is -0.306 e. The van der Waals surface area contributed by atoms with Crippen molar-refractivity contribution in [2.24, 2.45) is 0 Å². The van der Waals surface area contributed by atoms with Gasteiger partial charge in [0.15, 0.2) is 0 Å². The van der Waals surface area contributed by atoms with Crippen molar-refractivity contribution in [3.63, 3.8) is 0 Å². The molecule has 0 atom stereocenters. The predicted molar refractivity (Wildman–Crippen MR) is 123 cm³/mol. The van der Waals surface area contributed by atoms with E-state index in [-0.39, 0.29) is 5.56 Å². The minimum atomic E-state index is -0.0502. The third kappa shape index (κ3) is 3.97. The molecule has 0 fully saturated rings. The van der Waals surface area contributed by atoms with Gasteiger partial charge in [0.25, 0.3) is 5.56 Å². The highest BCUT2D eigenvalue weighted by atomic mass is 35.5. The zero-order valence-corrected chi connectivity index (χ0v) is 17.8. The number of benzene rings is 2. The maximum Gasteiger partial charge on any atom is 0.255 e. The second-order valence-electron chi connectivity index (χ2n) is 7.44. The molecule has 1 aliphatic heterocycles. The molecule has 4 nitrogen and oxygen atoms in total. The van der Waals surface area contributed by atoms with E-state index in [9.17, 15) is 4.79 Å². The lowest BCUT2D eigenvalue weighted by molar-refractivity contribution is 0.244. The molecule has 0 bridgehead atoms. The summed E-state index contributed by atoms with van der Waals surface area (Å²) in [6.07, 6.45) is 0.775. The highest BCUT2D eigenvalue weighted by molar-refractivity contribution is 7.15. The van der Waals surface area contributed by atoms with E-state index in [1.165, 1.54) is 15.3 Å². The summed E-state index contributed by atoms with van der Waals surface area (Å²) in [5, 5.41) is 0.665. The summed E-state index contributed by atoms with van der Waals surface area (Å²) in [4.78, 5) is 25.3. The van der Waals surface area contributed by atoms with Gasteiger partial charge < -0.3 is 4.98 Å². The molecule has 5 rings (SSSR count). The molecule has 150 valence electrons. The Morgan fingerprint density at radius 1 is 1.00 bits per heavy atom. The van der Waals surface area contributed by atoms with E-state index < -0.39 is 0 Å². The summed E-state index contributed by atoms with van der Waals surface area (Å²) in [7, 11) is 0. The monoisotopic (exact) mass is 433 g/mol. The number of aromatic nitrogens is 2. The number of aromatic amines is 1. The second kappa shape index (κ2) is 8.19. The van der Waals surface area contributed by atoms with Gasteiger partial charge in [0.2, 0.25) is 0 Å². The summed E-state index contributed by atoms with van der Waals surface area (Å²) in [5.41, 5.74) is 3.74. The Kier molecular flexibility index (Phi) is 5.25. The van der Waals surface area contributed by atoms with Crippen LogP contribution in [0.5, 0.6) is 0 Å². The molecule has 0 amide bonds. The summed E-state index contributed by atoms with van der Waals surface area (Å²) in [6.45, 7) is 2.36. The summed E-state index contributed by atoms with van der Waals surface area (Å²) >= 11 is 7.78. The smallest absolute Gasteiger partial charge is 0.255 e. The van der Waals surface area contributed by atoms with Crippen LogP contribution in [-0.4, -0.2) is 21.4 Å². The van der Waals surface area contributed by atoms with Gasteiger partial charge in [0, 0.05) is 46.4 Å².